The van der Waals surface area contributed by atoms with Crippen LogP contribution in [0, 0.1) is 6.92 Å². The number of aliphatic hydroxyl groups excluding tert-OH is 1. The number of nitrogens with zero attached hydrogens (tertiary/aromatic N) is 3. The monoisotopic (exact) mass is 590 g/mol. The van der Waals surface area contributed by atoms with Crippen LogP contribution in [0.15, 0.2) is 48.5 Å². The van der Waals surface area contributed by atoms with E-state index in [0.29, 0.717) is 38.4 Å². The van der Waals surface area contributed by atoms with Gasteiger partial charge >= 0.3 is 0 Å². The molecule has 4 aromatic rings. The van der Waals surface area contributed by atoms with E-state index in [1.807, 2.05) is 51.1 Å². The van der Waals surface area contributed by atoms with Crippen LogP contribution in [0.3, 0.4) is 0 Å². The lowest BCUT2D eigenvalue weighted by Gasteiger charge is -2.37. The molecule has 1 unspecified atom stereocenters. The Bertz CT molecular complexity index is 1750. The first-order valence-corrected chi connectivity index (χ1v) is 14.1. The van der Waals surface area contributed by atoms with Crippen molar-refractivity contribution in [3.8, 4) is 28.3 Å². The Morgan fingerprint density at radius 2 is 1.90 bits per heavy atom. The third-order valence-corrected chi connectivity index (χ3v) is 8.20. The van der Waals surface area contributed by atoms with Gasteiger partial charge in [-0.2, -0.15) is 0 Å². The quantitative estimate of drug-likeness (QED) is 0.278. The zero-order chi connectivity index (χ0) is 29.2. The number of fused-ring (bicyclic) bond motifs is 8. The van der Waals surface area contributed by atoms with Gasteiger partial charge in [-0.1, -0.05) is 35.3 Å². The number of aliphatic hydroxyl groups is 1. The fourth-order valence-corrected chi connectivity index (χ4v) is 6.38. The summed E-state index contributed by atoms with van der Waals surface area (Å²) >= 11 is 13.2. The second kappa shape index (κ2) is 10.2. The molecule has 0 saturated heterocycles. The summed E-state index contributed by atoms with van der Waals surface area (Å²) in [5.41, 5.74) is 6.44. The number of hydrogen-bond donors (Lipinski definition) is 2. The van der Waals surface area contributed by atoms with Crippen molar-refractivity contribution in [2.45, 2.75) is 32.9 Å². The van der Waals surface area contributed by atoms with Crippen molar-refractivity contribution in [3.05, 3.63) is 86.7 Å². The van der Waals surface area contributed by atoms with Crippen molar-refractivity contribution in [1.82, 2.24) is 14.9 Å². The fraction of sp³-hybridized carbons (Fsp3) is 0.258. The normalized spacial score (nSPS) is 15.0. The number of methoxy groups -OCH3 is 1. The van der Waals surface area contributed by atoms with Crippen molar-refractivity contribution in [1.29, 1.82) is 0 Å². The highest BCUT2D eigenvalue weighted by Crippen LogP contribution is 2.56. The van der Waals surface area contributed by atoms with Gasteiger partial charge in [0.1, 0.15) is 17.6 Å². The van der Waals surface area contributed by atoms with Gasteiger partial charge in [-0.3, -0.25) is 14.5 Å². The number of anilines is 1. The van der Waals surface area contributed by atoms with Crippen molar-refractivity contribution >= 4 is 40.7 Å². The Hall–Kier alpha value is -3.85. The second-order valence-corrected chi connectivity index (χ2v) is 11.3. The predicted molar refractivity (Wildman–Crippen MR) is 159 cm³/mol. The van der Waals surface area contributed by atoms with E-state index in [-0.39, 0.29) is 31.0 Å². The molecule has 6 rings (SSSR count). The highest BCUT2D eigenvalue weighted by Gasteiger charge is 2.49. The van der Waals surface area contributed by atoms with Crippen LogP contribution < -0.4 is 15.0 Å². The van der Waals surface area contributed by atoms with E-state index in [2.05, 4.69) is 9.88 Å². The maximum atomic E-state index is 14.2. The smallest absolute Gasteiger partial charge is 0.279 e. The number of benzene rings is 3. The Morgan fingerprint density at radius 1 is 1.12 bits per heavy atom. The maximum absolute atomic E-state index is 14.2. The minimum absolute atomic E-state index is 0.0659. The summed E-state index contributed by atoms with van der Waals surface area (Å²) in [6.45, 7) is 6.05. The molecule has 0 spiro atoms. The lowest BCUT2D eigenvalue weighted by molar-refractivity contribution is 0.0943. The summed E-state index contributed by atoms with van der Waals surface area (Å²) in [5, 5.41) is 12.8. The first-order chi connectivity index (χ1) is 19.7. The van der Waals surface area contributed by atoms with Gasteiger partial charge in [0.15, 0.2) is 5.69 Å². The fourth-order valence-electron chi connectivity index (χ4n) is 5.96. The largest absolute Gasteiger partial charge is 0.496 e. The molecule has 0 saturated carbocycles. The number of hydrogen-bond acceptors (Lipinski definition) is 5. The third-order valence-electron chi connectivity index (χ3n) is 7.65. The van der Waals surface area contributed by atoms with E-state index in [9.17, 15) is 9.59 Å². The molecule has 8 nitrogen and oxygen atoms in total. The first kappa shape index (κ1) is 27.3. The SMILES string of the molecule is COc1cc(C(=O)NCCO)ccc1-c1nc2c(n1C(C)C)C1c3ccc(Cl)cc3-c3c(Cl)ccc(C)c3N1C2=O. The van der Waals surface area contributed by atoms with Crippen LogP contribution in [0.5, 0.6) is 5.75 Å². The molecule has 210 valence electrons. The van der Waals surface area contributed by atoms with Crippen molar-refractivity contribution in [2.75, 3.05) is 25.2 Å². The van der Waals surface area contributed by atoms with Gasteiger partial charge in [-0.15, -0.1) is 0 Å². The number of carbonyl (C=O) groups excluding carboxylic acids is 2. The Morgan fingerprint density at radius 3 is 2.61 bits per heavy atom. The number of nitrogens with one attached hydrogen (secondary N) is 1. The van der Waals surface area contributed by atoms with Crippen molar-refractivity contribution in [3.63, 3.8) is 0 Å². The number of carbonyl (C=O) groups is 2. The predicted octanol–water partition coefficient (Wildman–Crippen LogP) is 6.21. The van der Waals surface area contributed by atoms with E-state index in [1.54, 1.807) is 23.1 Å². The van der Waals surface area contributed by atoms with Crippen molar-refractivity contribution < 1.29 is 19.4 Å². The van der Waals surface area contributed by atoms with Crippen LogP contribution in [-0.4, -0.2) is 46.7 Å². The molecule has 0 radical (unpaired) electrons. The van der Waals surface area contributed by atoms with E-state index in [4.69, 9.17) is 38.0 Å². The Labute approximate surface area is 247 Å². The molecule has 0 aliphatic carbocycles. The number of imidazole rings is 1. The van der Waals surface area contributed by atoms with Gasteiger partial charge in [0, 0.05) is 28.7 Å². The lowest BCUT2D eigenvalue weighted by atomic mass is 9.86. The number of aryl methyl sites for hydroxylation is 1. The molecule has 1 aromatic heterocycles. The molecule has 0 bridgehead atoms. The van der Waals surface area contributed by atoms with Crippen LogP contribution in [0.25, 0.3) is 22.5 Å². The molecular formula is C31H28Cl2N4O4. The summed E-state index contributed by atoms with van der Waals surface area (Å²) in [4.78, 5) is 33.5. The van der Waals surface area contributed by atoms with Gasteiger partial charge in [-0.05, 0) is 73.9 Å². The van der Waals surface area contributed by atoms with Crippen LogP contribution in [0.1, 0.15) is 63.6 Å². The standard InChI is InChI=1S/C31H28Cl2N4O4/c1-15(2)36-28-25(35-29(36)20-8-6-17(13-23(20)41-4)30(39)34-11-12-38)31(40)37-26-16(3)5-10-22(33)24(26)21-14-18(32)7-9-19(21)27(28)37/h5-10,13-15,27,38H,11-12H2,1-4H3,(H,34,39). The van der Waals surface area contributed by atoms with E-state index in [0.717, 1.165) is 33.6 Å². The van der Waals surface area contributed by atoms with E-state index >= 15 is 0 Å². The lowest BCUT2D eigenvalue weighted by Crippen LogP contribution is -2.34. The number of amides is 2. The summed E-state index contributed by atoms with van der Waals surface area (Å²) in [6.07, 6.45) is 0. The Balaban J connectivity index is 1.57. The van der Waals surface area contributed by atoms with Gasteiger partial charge in [0.05, 0.1) is 35.7 Å². The highest BCUT2D eigenvalue weighted by atomic mass is 35.5. The molecule has 2 aliphatic heterocycles. The average molecular weight is 591 g/mol. The molecule has 0 fully saturated rings. The highest BCUT2D eigenvalue weighted by molar-refractivity contribution is 6.35. The molecular weight excluding hydrogens is 563 g/mol. The molecule has 41 heavy (non-hydrogen) atoms. The van der Waals surface area contributed by atoms with Crippen molar-refractivity contribution in [2.24, 2.45) is 0 Å². The summed E-state index contributed by atoms with van der Waals surface area (Å²) < 4.78 is 7.78. The minimum atomic E-state index is -0.437. The molecule has 3 aromatic carbocycles. The van der Waals surface area contributed by atoms with Gasteiger partial charge < -0.3 is 19.7 Å². The summed E-state index contributed by atoms with van der Waals surface area (Å²) in [7, 11) is 1.53. The van der Waals surface area contributed by atoms with E-state index in [1.165, 1.54) is 7.11 Å². The molecule has 10 heteroatoms. The summed E-state index contributed by atoms with van der Waals surface area (Å²) in [5.74, 6) is 0.480. The van der Waals surface area contributed by atoms with Crippen LogP contribution in [0.4, 0.5) is 5.69 Å². The van der Waals surface area contributed by atoms with Crippen LogP contribution in [-0.2, 0) is 0 Å². The molecule has 2 N–H and O–H groups in total. The second-order valence-electron chi connectivity index (χ2n) is 10.4. The maximum Gasteiger partial charge on any atom is 0.279 e. The first-order valence-electron chi connectivity index (χ1n) is 13.3. The molecule has 3 heterocycles. The number of rotatable bonds is 6. The van der Waals surface area contributed by atoms with Gasteiger partial charge in [0.25, 0.3) is 11.8 Å². The van der Waals surface area contributed by atoms with E-state index < -0.39 is 6.04 Å². The molecule has 2 aliphatic rings. The number of aromatic nitrogens is 2. The van der Waals surface area contributed by atoms with Gasteiger partial charge in [0.2, 0.25) is 0 Å². The number of ether oxygens (including phenoxy) is 1. The molecule has 2 amide bonds. The van der Waals surface area contributed by atoms with Crippen LogP contribution in [0.2, 0.25) is 10.0 Å². The summed E-state index contributed by atoms with van der Waals surface area (Å²) in [6, 6.07) is 14.1. The Kier molecular flexibility index (Phi) is 6.80. The third kappa shape index (κ3) is 4.12. The zero-order valence-electron chi connectivity index (χ0n) is 23.0. The average Bonchev–Trinajstić information content (AvgIpc) is 3.48. The molecule has 1 atom stereocenters. The van der Waals surface area contributed by atoms with Crippen LogP contribution >= 0.6 is 23.2 Å². The number of halogens is 2. The van der Waals surface area contributed by atoms with Gasteiger partial charge in [-0.25, -0.2) is 4.98 Å². The minimum Gasteiger partial charge on any atom is -0.496 e. The topological polar surface area (TPSA) is 96.7 Å². The zero-order valence-corrected chi connectivity index (χ0v) is 24.5.